The molecule has 0 radical (unpaired) electrons. The number of hydrogen-bond donors (Lipinski definition) is 0. The van der Waals surface area contributed by atoms with E-state index < -0.39 is 0 Å². The van der Waals surface area contributed by atoms with E-state index in [1.165, 1.54) is 22.3 Å². The molecule has 1 aliphatic rings. The third-order valence-electron chi connectivity index (χ3n) is 6.01. The standard InChI is InChI=1S/C29H32N2/c1-21(2)24-13-10-23(11-14-24)12-19-27-20-29(26-17-15-25(16-18-26)22(3)4)31(30-27)28-8-6-5-7-9-28/h5-19,21-22,29H,20H2,1-4H3. The molecule has 31 heavy (non-hydrogen) atoms. The highest BCUT2D eigenvalue weighted by Crippen LogP contribution is 2.36. The smallest absolute Gasteiger partial charge is 0.0831 e. The minimum atomic E-state index is 0.214. The maximum atomic E-state index is 5.00. The van der Waals surface area contributed by atoms with Crippen molar-refractivity contribution in [2.45, 2.75) is 52.0 Å². The Kier molecular flexibility index (Phi) is 6.36. The van der Waals surface area contributed by atoms with E-state index in [1.54, 1.807) is 0 Å². The van der Waals surface area contributed by atoms with Crippen LogP contribution in [0.4, 0.5) is 5.69 Å². The van der Waals surface area contributed by atoms with Crippen molar-refractivity contribution in [3.8, 4) is 0 Å². The van der Waals surface area contributed by atoms with Gasteiger partial charge in [0.05, 0.1) is 17.4 Å². The first-order valence-electron chi connectivity index (χ1n) is 11.3. The van der Waals surface area contributed by atoms with E-state index >= 15 is 0 Å². The third kappa shape index (κ3) is 4.96. The number of hydrogen-bond acceptors (Lipinski definition) is 2. The number of allylic oxidation sites excluding steroid dienone is 1. The summed E-state index contributed by atoms with van der Waals surface area (Å²) in [6.45, 7) is 8.93. The molecule has 1 heterocycles. The Morgan fingerprint density at radius 1 is 0.742 bits per heavy atom. The summed E-state index contributed by atoms with van der Waals surface area (Å²) < 4.78 is 0. The van der Waals surface area contributed by atoms with Crippen LogP contribution in [0.15, 0.2) is 90.0 Å². The van der Waals surface area contributed by atoms with Gasteiger partial charge in [0.2, 0.25) is 0 Å². The first-order chi connectivity index (χ1) is 15.0. The summed E-state index contributed by atoms with van der Waals surface area (Å²) in [5.41, 5.74) is 7.50. The van der Waals surface area contributed by atoms with Crippen LogP contribution in [0, 0.1) is 0 Å². The van der Waals surface area contributed by atoms with E-state index in [1.807, 2.05) is 0 Å². The van der Waals surface area contributed by atoms with Gasteiger partial charge in [-0.05, 0) is 52.3 Å². The fourth-order valence-corrected chi connectivity index (χ4v) is 4.00. The lowest BCUT2D eigenvalue weighted by molar-refractivity contribution is 0.708. The SMILES string of the molecule is CC(C)c1ccc(C=CC2=NN(c3ccccc3)C(c3ccc(C(C)C)cc3)C2)cc1. The van der Waals surface area contributed by atoms with Gasteiger partial charge in [0.15, 0.2) is 0 Å². The van der Waals surface area contributed by atoms with Crippen LogP contribution in [0.1, 0.15) is 74.2 Å². The number of benzene rings is 3. The molecule has 0 N–H and O–H groups in total. The van der Waals surface area contributed by atoms with Crippen LogP contribution < -0.4 is 5.01 Å². The summed E-state index contributed by atoms with van der Waals surface area (Å²) in [5, 5.41) is 7.17. The van der Waals surface area contributed by atoms with Crippen LogP contribution in [0.5, 0.6) is 0 Å². The van der Waals surface area contributed by atoms with E-state index in [2.05, 4.69) is 124 Å². The molecule has 3 aromatic carbocycles. The maximum absolute atomic E-state index is 5.00. The summed E-state index contributed by atoms with van der Waals surface area (Å²) >= 11 is 0. The van der Waals surface area contributed by atoms with Gasteiger partial charge >= 0.3 is 0 Å². The van der Waals surface area contributed by atoms with E-state index in [0.29, 0.717) is 11.8 Å². The highest BCUT2D eigenvalue weighted by molar-refractivity contribution is 6.01. The lowest BCUT2D eigenvalue weighted by Crippen LogP contribution is -2.18. The minimum Gasteiger partial charge on any atom is -0.257 e. The van der Waals surface area contributed by atoms with Crippen molar-refractivity contribution in [2.24, 2.45) is 5.10 Å². The summed E-state index contributed by atoms with van der Waals surface area (Å²) in [4.78, 5) is 0. The zero-order chi connectivity index (χ0) is 21.8. The van der Waals surface area contributed by atoms with Gasteiger partial charge in [-0.2, -0.15) is 5.10 Å². The van der Waals surface area contributed by atoms with Gasteiger partial charge in [-0.25, -0.2) is 0 Å². The van der Waals surface area contributed by atoms with Gasteiger partial charge in [-0.1, -0.05) is 101 Å². The molecule has 158 valence electrons. The highest BCUT2D eigenvalue weighted by atomic mass is 15.5. The molecule has 1 unspecified atom stereocenters. The van der Waals surface area contributed by atoms with Crippen molar-refractivity contribution < 1.29 is 0 Å². The Balaban J connectivity index is 1.59. The predicted octanol–water partition coefficient (Wildman–Crippen LogP) is 7.95. The Morgan fingerprint density at radius 3 is 1.90 bits per heavy atom. The van der Waals surface area contributed by atoms with Crippen molar-refractivity contribution in [2.75, 3.05) is 5.01 Å². The molecule has 0 saturated carbocycles. The van der Waals surface area contributed by atoms with Crippen LogP contribution in [-0.4, -0.2) is 5.71 Å². The molecule has 0 aliphatic carbocycles. The Hall–Kier alpha value is -3.13. The number of nitrogens with zero attached hydrogens (tertiary/aromatic N) is 2. The number of anilines is 1. The molecule has 3 aromatic rings. The molecule has 0 amide bonds. The second-order valence-electron chi connectivity index (χ2n) is 8.97. The average molecular weight is 409 g/mol. The van der Waals surface area contributed by atoms with E-state index in [4.69, 9.17) is 5.10 Å². The molecule has 0 bridgehead atoms. The molecule has 2 heteroatoms. The maximum Gasteiger partial charge on any atom is 0.0831 e. The van der Waals surface area contributed by atoms with Crippen molar-refractivity contribution in [1.29, 1.82) is 0 Å². The van der Waals surface area contributed by atoms with E-state index in [0.717, 1.165) is 17.8 Å². The monoisotopic (exact) mass is 408 g/mol. The van der Waals surface area contributed by atoms with E-state index in [-0.39, 0.29) is 6.04 Å². The minimum absolute atomic E-state index is 0.214. The summed E-state index contributed by atoms with van der Waals surface area (Å²) in [5.74, 6) is 1.10. The summed E-state index contributed by atoms with van der Waals surface area (Å²) in [6.07, 6.45) is 5.25. The molecule has 2 nitrogen and oxygen atoms in total. The second-order valence-corrected chi connectivity index (χ2v) is 8.97. The number of rotatable bonds is 6. The van der Waals surface area contributed by atoms with Crippen LogP contribution >= 0.6 is 0 Å². The molecule has 0 spiro atoms. The molecule has 0 aromatic heterocycles. The van der Waals surface area contributed by atoms with Crippen molar-refractivity contribution >= 4 is 17.5 Å². The summed E-state index contributed by atoms with van der Waals surface area (Å²) in [7, 11) is 0. The lowest BCUT2D eigenvalue weighted by atomic mass is 9.96. The van der Waals surface area contributed by atoms with Crippen LogP contribution in [0.2, 0.25) is 0 Å². The van der Waals surface area contributed by atoms with Gasteiger partial charge in [0.1, 0.15) is 0 Å². The van der Waals surface area contributed by atoms with Gasteiger partial charge in [0, 0.05) is 6.42 Å². The normalized spacial score (nSPS) is 16.5. The third-order valence-corrected chi connectivity index (χ3v) is 6.01. The predicted molar refractivity (Wildman–Crippen MR) is 134 cm³/mol. The Morgan fingerprint density at radius 2 is 1.32 bits per heavy atom. The van der Waals surface area contributed by atoms with Gasteiger partial charge in [-0.15, -0.1) is 0 Å². The fraction of sp³-hybridized carbons (Fsp3) is 0.276. The molecular formula is C29H32N2. The van der Waals surface area contributed by atoms with Crippen LogP contribution in [0.3, 0.4) is 0 Å². The largest absolute Gasteiger partial charge is 0.257 e. The van der Waals surface area contributed by atoms with Crippen molar-refractivity contribution in [1.82, 2.24) is 0 Å². The summed E-state index contributed by atoms with van der Waals surface area (Å²) in [6, 6.07) is 28.6. The topological polar surface area (TPSA) is 15.6 Å². The molecule has 0 fully saturated rings. The number of hydrazone groups is 1. The van der Waals surface area contributed by atoms with Crippen molar-refractivity contribution in [3.63, 3.8) is 0 Å². The molecule has 1 atom stereocenters. The Bertz CT molecular complexity index is 1040. The van der Waals surface area contributed by atoms with Crippen molar-refractivity contribution in [3.05, 3.63) is 107 Å². The van der Waals surface area contributed by atoms with Gasteiger partial charge in [0.25, 0.3) is 0 Å². The zero-order valence-electron chi connectivity index (χ0n) is 19.0. The van der Waals surface area contributed by atoms with Gasteiger partial charge < -0.3 is 0 Å². The molecule has 1 aliphatic heterocycles. The highest BCUT2D eigenvalue weighted by Gasteiger charge is 2.28. The zero-order valence-corrected chi connectivity index (χ0v) is 19.0. The van der Waals surface area contributed by atoms with Crippen LogP contribution in [0.25, 0.3) is 6.08 Å². The van der Waals surface area contributed by atoms with E-state index in [9.17, 15) is 0 Å². The van der Waals surface area contributed by atoms with Gasteiger partial charge in [-0.3, -0.25) is 5.01 Å². The fourth-order valence-electron chi connectivity index (χ4n) is 4.00. The molecule has 0 saturated heterocycles. The lowest BCUT2D eigenvalue weighted by Gasteiger charge is -2.24. The average Bonchev–Trinajstić information content (AvgIpc) is 3.23. The van der Waals surface area contributed by atoms with Crippen LogP contribution in [-0.2, 0) is 0 Å². The molecule has 4 rings (SSSR count). The molecular weight excluding hydrogens is 376 g/mol. The Labute approximate surface area is 186 Å². The first kappa shape index (κ1) is 21.1. The quantitative estimate of drug-likeness (QED) is 0.404. The number of para-hydroxylation sites is 1. The first-order valence-corrected chi connectivity index (χ1v) is 11.3. The second kappa shape index (κ2) is 9.34.